The average molecular weight is 202 g/mol. The smallest absolute Gasteiger partial charge is 0.246 e. The number of benzene rings is 1. The summed E-state index contributed by atoms with van der Waals surface area (Å²) in [5.74, 6) is 0.326. The van der Waals surface area contributed by atoms with E-state index in [0.717, 1.165) is 10.2 Å². The van der Waals surface area contributed by atoms with E-state index in [1.54, 1.807) is 0 Å². The highest BCUT2D eigenvalue weighted by Gasteiger charge is 2.10. The van der Waals surface area contributed by atoms with Crippen LogP contribution in [0.2, 0.25) is 0 Å². The van der Waals surface area contributed by atoms with E-state index in [-0.39, 0.29) is 11.9 Å². The molecule has 0 aliphatic rings. The molecule has 0 saturated heterocycles. The number of nitrogens with two attached hydrogens (primary N) is 1. The van der Waals surface area contributed by atoms with Crippen LogP contribution in [0.1, 0.15) is 11.7 Å². The van der Waals surface area contributed by atoms with Crippen molar-refractivity contribution in [2.75, 3.05) is 5.73 Å². The first kappa shape index (κ1) is 9.39. The molecule has 5 heteroatoms. The van der Waals surface area contributed by atoms with Crippen molar-refractivity contribution in [1.82, 2.24) is 14.8 Å². The minimum absolute atomic E-state index is 0.112. The summed E-state index contributed by atoms with van der Waals surface area (Å²) in [5.41, 5.74) is 6.39. The van der Waals surface area contributed by atoms with E-state index in [1.807, 2.05) is 30.3 Å². The maximum absolute atomic E-state index is 11.1. The van der Waals surface area contributed by atoms with Gasteiger partial charge in [-0.15, -0.1) is 5.10 Å². The predicted octanol–water partition coefficient (Wildman–Crippen LogP) is 1.19. The molecule has 1 aromatic carbocycles. The summed E-state index contributed by atoms with van der Waals surface area (Å²) in [6, 6.07) is 9.37. The third-order valence-corrected chi connectivity index (χ3v) is 1.96. The topological polar surface area (TPSA) is 73.8 Å². The highest BCUT2D eigenvalue weighted by Crippen LogP contribution is 2.15. The second-order valence-corrected chi connectivity index (χ2v) is 3.09. The summed E-state index contributed by atoms with van der Waals surface area (Å²) in [7, 11) is 0. The molecule has 0 saturated carbocycles. The first-order chi connectivity index (χ1) is 7.18. The zero-order valence-corrected chi connectivity index (χ0v) is 8.21. The Balaban J connectivity index is 2.48. The zero-order valence-electron chi connectivity index (χ0n) is 8.21. The lowest BCUT2D eigenvalue weighted by Crippen LogP contribution is -2.11. The Morgan fingerprint density at radius 3 is 2.53 bits per heavy atom. The largest absolute Gasteiger partial charge is 0.368 e. The SMILES string of the molecule is CC(=O)n1nc(-c2ccccc2)nc1N. The molecule has 0 aliphatic heterocycles. The van der Waals surface area contributed by atoms with Crippen molar-refractivity contribution in [1.29, 1.82) is 0 Å². The van der Waals surface area contributed by atoms with E-state index in [2.05, 4.69) is 10.1 Å². The molecular formula is C10H10N4O. The van der Waals surface area contributed by atoms with Crippen LogP contribution in [0.3, 0.4) is 0 Å². The van der Waals surface area contributed by atoms with Crippen LogP contribution < -0.4 is 5.73 Å². The van der Waals surface area contributed by atoms with E-state index in [1.165, 1.54) is 6.92 Å². The minimum atomic E-state index is -0.248. The lowest BCUT2D eigenvalue weighted by molar-refractivity contribution is 0.0924. The Hall–Kier alpha value is -2.17. The number of hydrogen-bond donors (Lipinski definition) is 1. The van der Waals surface area contributed by atoms with E-state index >= 15 is 0 Å². The van der Waals surface area contributed by atoms with Gasteiger partial charge in [-0.3, -0.25) is 4.79 Å². The minimum Gasteiger partial charge on any atom is -0.368 e. The Morgan fingerprint density at radius 1 is 1.33 bits per heavy atom. The lowest BCUT2D eigenvalue weighted by Gasteiger charge is -1.93. The Bertz CT molecular complexity index is 489. The van der Waals surface area contributed by atoms with Gasteiger partial charge in [-0.05, 0) is 0 Å². The molecule has 0 bridgehead atoms. The summed E-state index contributed by atoms with van der Waals surface area (Å²) >= 11 is 0. The molecule has 0 aliphatic carbocycles. The molecule has 2 aromatic rings. The van der Waals surface area contributed by atoms with Crippen molar-refractivity contribution < 1.29 is 4.79 Å². The summed E-state index contributed by atoms with van der Waals surface area (Å²) in [5, 5.41) is 4.01. The summed E-state index contributed by atoms with van der Waals surface area (Å²) < 4.78 is 1.09. The molecule has 2 rings (SSSR count). The molecule has 1 heterocycles. The molecule has 0 unspecified atom stereocenters. The van der Waals surface area contributed by atoms with Gasteiger partial charge in [-0.1, -0.05) is 30.3 Å². The van der Waals surface area contributed by atoms with E-state index < -0.39 is 0 Å². The van der Waals surface area contributed by atoms with Crippen molar-refractivity contribution in [2.24, 2.45) is 0 Å². The van der Waals surface area contributed by atoms with Gasteiger partial charge in [0, 0.05) is 12.5 Å². The van der Waals surface area contributed by atoms with Crippen molar-refractivity contribution in [3.05, 3.63) is 30.3 Å². The fraction of sp³-hybridized carbons (Fsp3) is 0.100. The fourth-order valence-electron chi connectivity index (χ4n) is 1.27. The van der Waals surface area contributed by atoms with Gasteiger partial charge in [-0.2, -0.15) is 9.67 Å². The second-order valence-electron chi connectivity index (χ2n) is 3.09. The number of nitrogens with zero attached hydrogens (tertiary/aromatic N) is 3. The van der Waals surface area contributed by atoms with Gasteiger partial charge in [0.25, 0.3) is 0 Å². The molecule has 15 heavy (non-hydrogen) atoms. The van der Waals surface area contributed by atoms with Crippen LogP contribution in [0.5, 0.6) is 0 Å². The Morgan fingerprint density at radius 2 is 2.00 bits per heavy atom. The van der Waals surface area contributed by atoms with Crippen LogP contribution >= 0.6 is 0 Å². The average Bonchev–Trinajstić information content (AvgIpc) is 2.62. The molecule has 1 aromatic heterocycles. The molecular weight excluding hydrogens is 192 g/mol. The predicted molar refractivity (Wildman–Crippen MR) is 56.2 cm³/mol. The van der Waals surface area contributed by atoms with Gasteiger partial charge in [0.1, 0.15) is 0 Å². The second kappa shape index (κ2) is 3.53. The number of aromatic nitrogens is 3. The van der Waals surface area contributed by atoms with E-state index in [4.69, 9.17) is 5.73 Å². The van der Waals surface area contributed by atoms with Crippen LogP contribution in [-0.2, 0) is 0 Å². The van der Waals surface area contributed by atoms with Gasteiger partial charge >= 0.3 is 0 Å². The maximum Gasteiger partial charge on any atom is 0.246 e. The molecule has 76 valence electrons. The van der Waals surface area contributed by atoms with E-state index in [0.29, 0.717) is 5.82 Å². The van der Waals surface area contributed by atoms with Gasteiger partial charge in [0.2, 0.25) is 11.9 Å². The van der Waals surface area contributed by atoms with Crippen LogP contribution in [-0.4, -0.2) is 20.7 Å². The van der Waals surface area contributed by atoms with Crippen LogP contribution in [0.25, 0.3) is 11.4 Å². The standard InChI is InChI=1S/C10H10N4O/c1-7(15)14-10(11)12-9(13-14)8-5-3-2-4-6-8/h2-6H,1H3,(H2,11,12,13). The number of nitrogen functional groups attached to an aromatic ring is 1. The van der Waals surface area contributed by atoms with Crippen LogP contribution in [0.4, 0.5) is 5.95 Å². The first-order valence-corrected chi connectivity index (χ1v) is 4.47. The van der Waals surface area contributed by atoms with Crippen molar-refractivity contribution in [3.8, 4) is 11.4 Å². The summed E-state index contributed by atoms with van der Waals surface area (Å²) in [6.45, 7) is 1.39. The van der Waals surface area contributed by atoms with Gasteiger partial charge in [0.05, 0.1) is 0 Å². The molecule has 0 fully saturated rings. The van der Waals surface area contributed by atoms with Crippen molar-refractivity contribution >= 4 is 11.9 Å². The van der Waals surface area contributed by atoms with Crippen LogP contribution in [0.15, 0.2) is 30.3 Å². The highest BCUT2D eigenvalue weighted by molar-refractivity contribution is 5.78. The van der Waals surface area contributed by atoms with Gasteiger partial charge in [-0.25, -0.2) is 0 Å². The normalized spacial score (nSPS) is 10.2. The summed E-state index contributed by atoms with van der Waals surface area (Å²) in [6.07, 6.45) is 0. The monoisotopic (exact) mass is 202 g/mol. The Labute approximate surface area is 86.5 Å². The fourth-order valence-corrected chi connectivity index (χ4v) is 1.27. The van der Waals surface area contributed by atoms with Crippen LogP contribution in [0, 0.1) is 0 Å². The first-order valence-electron chi connectivity index (χ1n) is 4.47. The molecule has 0 spiro atoms. The van der Waals surface area contributed by atoms with E-state index in [9.17, 15) is 4.79 Å². The third kappa shape index (κ3) is 1.71. The number of rotatable bonds is 1. The zero-order chi connectivity index (χ0) is 10.8. The summed E-state index contributed by atoms with van der Waals surface area (Å²) in [4.78, 5) is 15.1. The quantitative estimate of drug-likeness (QED) is 0.753. The lowest BCUT2D eigenvalue weighted by atomic mass is 10.2. The Kier molecular flexibility index (Phi) is 2.21. The molecule has 0 radical (unpaired) electrons. The maximum atomic E-state index is 11.1. The number of anilines is 1. The number of carbonyl (C=O) groups is 1. The third-order valence-electron chi connectivity index (χ3n) is 1.96. The number of carbonyl (C=O) groups excluding carboxylic acids is 1. The van der Waals surface area contributed by atoms with Gasteiger partial charge in [0.15, 0.2) is 5.82 Å². The highest BCUT2D eigenvalue weighted by atomic mass is 16.2. The molecule has 2 N–H and O–H groups in total. The van der Waals surface area contributed by atoms with Gasteiger partial charge < -0.3 is 5.73 Å². The molecule has 0 amide bonds. The number of hydrogen-bond acceptors (Lipinski definition) is 4. The molecule has 0 atom stereocenters. The van der Waals surface area contributed by atoms with Crippen molar-refractivity contribution in [2.45, 2.75) is 6.92 Å². The van der Waals surface area contributed by atoms with Crippen molar-refractivity contribution in [3.63, 3.8) is 0 Å². The molecule has 5 nitrogen and oxygen atoms in total.